The Morgan fingerprint density at radius 1 is 1.07 bits per heavy atom. The van der Waals surface area contributed by atoms with Crippen molar-refractivity contribution in [1.29, 1.82) is 0 Å². The largest absolute Gasteiger partial charge is 0.355 e. The van der Waals surface area contributed by atoms with Crippen molar-refractivity contribution in [3.05, 3.63) is 64.7 Å². The Hall–Kier alpha value is -1.47. The van der Waals surface area contributed by atoms with Crippen LogP contribution in [0.1, 0.15) is 16.1 Å². The summed E-state index contributed by atoms with van der Waals surface area (Å²) in [5.74, 6) is 0.863. The van der Waals surface area contributed by atoms with E-state index < -0.39 is 0 Å². The first-order valence-electron chi connectivity index (χ1n) is 9.22. The molecule has 0 bridgehead atoms. The van der Waals surface area contributed by atoms with Gasteiger partial charge in [-0.15, -0.1) is 11.3 Å². The molecule has 0 amide bonds. The van der Waals surface area contributed by atoms with Crippen LogP contribution in [-0.4, -0.2) is 45.3 Å². The number of thiocarbonyl (C=S) groups is 1. The second-order valence-electron chi connectivity index (χ2n) is 6.82. The molecular formula is C21H23N3S3. The van der Waals surface area contributed by atoms with E-state index in [0.29, 0.717) is 0 Å². The number of benzene rings is 2. The number of aromatic nitrogens is 1. The number of aryl methyl sites for hydroxylation is 1. The molecule has 0 saturated carbocycles. The summed E-state index contributed by atoms with van der Waals surface area (Å²) < 4.78 is 2.26. The fourth-order valence-corrected chi connectivity index (χ4v) is 5.52. The van der Waals surface area contributed by atoms with Crippen molar-refractivity contribution >= 4 is 49.9 Å². The number of rotatable bonds is 4. The van der Waals surface area contributed by atoms with Crippen LogP contribution >= 0.6 is 35.3 Å². The third-order valence-electron chi connectivity index (χ3n) is 4.94. The Morgan fingerprint density at radius 3 is 2.59 bits per heavy atom. The van der Waals surface area contributed by atoms with Crippen LogP contribution in [0.25, 0.3) is 10.2 Å². The maximum Gasteiger partial charge on any atom is 0.136 e. The molecule has 0 unspecified atom stereocenters. The third kappa shape index (κ3) is 4.69. The highest BCUT2D eigenvalue weighted by atomic mass is 32.2. The second kappa shape index (κ2) is 8.69. The normalized spacial score (nSPS) is 15.4. The maximum absolute atomic E-state index is 5.69. The summed E-state index contributed by atoms with van der Waals surface area (Å²) in [6.45, 7) is 7.38. The average molecular weight is 414 g/mol. The van der Waals surface area contributed by atoms with Crippen molar-refractivity contribution in [3.8, 4) is 0 Å². The van der Waals surface area contributed by atoms with Crippen LogP contribution in [0.5, 0.6) is 0 Å². The molecule has 27 heavy (non-hydrogen) atoms. The number of thioether (sulfide) groups is 1. The first kappa shape index (κ1) is 18.9. The van der Waals surface area contributed by atoms with Gasteiger partial charge in [-0.2, -0.15) is 0 Å². The van der Waals surface area contributed by atoms with Crippen molar-refractivity contribution in [1.82, 2.24) is 14.8 Å². The predicted octanol–water partition coefficient (Wildman–Crippen LogP) is 4.94. The lowest BCUT2D eigenvalue weighted by molar-refractivity contribution is 0.178. The standard InChI is InChI=1S/C21H23N3S3/c1-16-6-2-3-7-17(16)14-23-10-12-24(13-11-23)21(25)26-15-20-22-18-8-4-5-9-19(18)27-20/h2-9H,10-15H2,1H3. The highest BCUT2D eigenvalue weighted by molar-refractivity contribution is 8.22. The van der Waals surface area contributed by atoms with Crippen LogP contribution in [0.4, 0.5) is 0 Å². The summed E-state index contributed by atoms with van der Waals surface area (Å²) in [4.78, 5) is 9.58. The average Bonchev–Trinajstić information content (AvgIpc) is 3.11. The van der Waals surface area contributed by atoms with Crippen LogP contribution in [0, 0.1) is 6.92 Å². The molecule has 1 aromatic heterocycles. The van der Waals surface area contributed by atoms with Gasteiger partial charge in [0.05, 0.1) is 16.0 Å². The Balaban J connectivity index is 1.26. The van der Waals surface area contributed by atoms with Gasteiger partial charge in [-0.25, -0.2) is 4.98 Å². The molecule has 0 spiro atoms. The molecule has 3 aromatic rings. The van der Waals surface area contributed by atoms with Gasteiger partial charge < -0.3 is 4.90 Å². The van der Waals surface area contributed by atoms with Gasteiger partial charge >= 0.3 is 0 Å². The van der Waals surface area contributed by atoms with E-state index in [1.54, 1.807) is 23.1 Å². The topological polar surface area (TPSA) is 19.4 Å². The van der Waals surface area contributed by atoms with Gasteiger partial charge in [0.1, 0.15) is 9.33 Å². The second-order valence-corrected chi connectivity index (χ2v) is 9.54. The number of piperazine rings is 1. The number of nitrogens with zero attached hydrogens (tertiary/aromatic N) is 3. The Bertz CT molecular complexity index is 896. The summed E-state index contributed by atoms with van der Waals surface area (Å²) in [6, 6.07) is 17.0. The van der Waals surface area contributed by atoms with Crippen LogP contribution in [0.15, 0.2) is 48.5 Å². The number of hydrogen-bond donors (Lipinski definition) is 0. The van der Waals surface area contributed by atoms with Crippen molar-refractivity contribution in [3.63, 3.8) is 0 Å². The minimum atomic E-state index is 0.863. The molecular weight excluding hydrogens is 390 g/mol. The number of hydrogen-bond acceptors (Lipinski definition) is 5. The van der Waals surface area contributed by atoms with E-state index in [0.717, 1.165) is 53.3 Å². The molecule has 0 N–H and O–H groups in total. The Labute approximate surface area is 174 Å². The Kier molecular flexibility index (Phi) is 6.08. The molecule has 4 rings (SSSR count). The molecule has 0 aliphatic carbocycles. The minimum absolute atomic E-state index is 0.863. The summed E-state index contributed by atoms with van der Waals surface area (Å²) in [5.41, 5.74) is 3.90. The van der Waals surface area contributed by atoms with E-state index in [9.17, 15) is 0 Å². The lowest BCUT2D eigenvalue weighted by Gasteiger charge is -2.36. The van der Waals surface area contributed by atoms with Gasteiger partial charge in [0.2, 0.25) is 0 Å². The first-order valence-corrected chi connectivity index (χ1v) is 11.4. The number of para-hydroxylation sites is 1. The minimum Gasteiger partial charge on any atom is -0.355 e. The van der Waals surface area contributed by atoms with E-state index >= 15 is 0 Å². The first-order chi connectivity index (χ1) is 13.2. The smallest absolute Gasteiger partial charge is 0.136 e. The molecule has 0 atom stereocenters. The fourth-order valence-electron chi connectivity index (χ4n) is 3.31. The summed E-state index contributed by atoms with van der Waals surface area (Å²) >= 11 is 9.21. The van der Waals surface area contributed by atoms with Crippen LogP contribution in [-0.2, 0) is 12.3 Å². The van der Waals surface area contributed by atoms with Gasteiger partial charge in [-0.1, -0.05) is 60.4 Å². The van der Waals surface area contributed by atoms with Crippen molar-refractivity contribution < 1.29 is 0 Å². The van der Waals surface area contributed by atoms with E-state index in [1.807, 2.05) is 6.07 Å². The predicted molar refractivity (Wildman–Crippen MR) is 122 cm³/mol. The molecule has 6 heteroatoms. The SMILES string of the molecule is Cc1ccccc1CN1CCN(C(=S)SCc2nc3ccccc3s2)CC1. The molecule has 1 fully saturated rings. The van der Waals surface area contributed by atoms with Crippen molar-refractivity contribution in [2.75, 3.05) is 26.2 Å². The van der Waals surface area contributed by atoms with Crippen LogP contribution in [0.2, 0.25) is 0 Å². The zero-order valence-electron chi connectivity index (χ0n) is 15.4. The highest BCUT2D eigenvalue weighted by Gasteiger charge is 2.20. The zero-order chi connectivity index (χ0) is 18.6. The lowest BCUT2D eigenvalue weighted by atomic mass is 10.1. The molecule has 2 aromatic carbocycles. The van der Waals surface area contributed by atoms with E-state index in [-0.39, 0.29) is 0 Å². The van der Waals surface area contributed by atoms with Crippen molar-refractivity contribution in [2.24, 2.45) is 0 Å². The highest BCUT2D eigenvalue weighted by Crippen LogP contribution is 2.26. The molecule has 2 heterocycles. The van der Waals surface area contributed by atoms with Gasteiger partial charge in [0.25, 0.3) is 0 Å². The summed E-state index contributed by atoms with van der Waals surface area (Å²) in [6.07, 6.45) is 0. The molecule has 1 aliphatic rings. The molecule has 140 valence electrons. The quantitative estimate of drug-likeness (QED) is 0.563. The van der Waals surface area contributed by atoms with Gasteiger partial charge in [-0.05, 0) is 30.2 Å². The van der Waals surface area contributed by atoms with Gasteiger partial charge in [0.15, 0.2) is 0 Å². The monoisotopic (exact) mass is 413 g/mol. The molecule has 1 saturated heterocycles. The van der Waals surface area contributed by atoms with E-state index in [2.05, 4.69) is 59.2 Å². The molecule has 3 nitrogen and oxygen atoms in total. The fraction of sp³-hybridized carbons (Fsp3) is 0.333. The number of thiazole rings is 1. The molecule has 1 aliphatic heterocycles. The van der Waals surface area contributed by atoms with E-state index in [1.165, 1.54) is 15.8 Å². The number of fused-ring (bicyclic) bond motifs is 1. The van der Waals surface area contributed by atoms with Crippen LogP contribution < -0.4 is 0 Å². The Morgan fingerprint density at radius 2 is 1.81 bits per heavy atom. The summed E-state index contributed by atoms with van der Waals surface area (Å²) in [5, 5.41) is 1.15. The van der Waals surface area contributed by atoms with E-state index in [4.69, 9.17) is 17.2 Å². The summed E-state index contributed by atoms with van der Waals surface area (Å²) in [7, 11) is 0. The third-order valence-corrected chi connectivity index (χ3v) is 7.70. The zero-order valence-corrected chi connectivity index (χ0v) is 17.9. The van der Waals surface area contributed by atoms with Gasteiger partial charge in [-0.3, -0.25) is 4.90 Å². The lowest BCUT2D eigenvalue weighted by Crippen LogP contribution is -2.47. The van der Waals surface area contributed by atoms with Crippen molar-refractivity contribution in [2.45, 2.75) is 19.2 Å². The molecule has 0 radical (unpaired) electrons. The van der Waals surface area contributed by atoms with Crippen LogP contribution in [0.3, 0.4) is 0 Å². The maximum atomic E-state index is 5.69. The van der Waals surface area contributed by atoms with Gasteiger partial charge in [0, 0.05) is 32.7 Å².